The van der Waals surface area contributed by atoms with Gasteiger partial charge in [0.1, 0.15) is 4.60 Å². The van der Waals surface area contributed by atoms with Crippen LogP contribution < -0.4 is 11.1 Å². The fraction of sp³-hybridized carbons (Fsp3) is 0.143. The van der Waals surface area contributed by atoms with Crippen LogP contribution in [0.15, 0.2) is 21.3 Å². The zero-order valence-electron chi connectivity index (χ0n) is 6.55. The van der Waals surface area contributed by atoms with Crippen molar-refractivity contribution in [3.8, 4) is 0 Å². The summed E-state index contributed by atoms with van der Waals surface area (Å²) >= 11 is 6.48. The Morgan fingerprint density at radius 3 is 2.85 bits per heavy atom. The minimum Gasteiger partial charge on any atom is -0.324 e. The summed E-state index contributed by atoms with van der Waals surface area (Å²) in [6.07, 6.45) is 1.54. The molecule has 0 saturated carbocycles. The average Bonchev–Trinajstić information content (AvgIpc) is 2.11. The van der Waals surface area contributed by atoms with E-state index in [4.69, 9.17) is 5.73 Å². The zero-order chi connectivity index (χ0) is 9.84. The van der Waals surface area contributed by atoms with Crippen molar-refractivity contribution in [2.75, 3.05) is 11.9 Å². The number of nitrogens with zero attached hydrogens (tertiary/aromatic N) is 1. The van der Waals surface area contributed by atoms with Crippen molar-refractivity contribution in [3.05, 3.63) is 21.3 Å². The Balaban J connectivity index is 2.79. The van der Waals surface area contributed by atoms with Crippen LogP contribution >= 0.6 is 31.9 Å². The number of rotatable bonds is 2. The summed E-state index contributed by atoms with van der Waals surface area (Å²) in [6.45, 7) is -0.0340. The van der Waals surface area contributed by atoms with E-state index in [1.54, 1.807) is 12.3 Å². The van der Waals surface area contributed by atoms with Crippen molar-refractivity contribution in [3.63, 3.8) is 0 Å². The van der Waals surface area contributed by atoms with Gasteiger partial charge < -0.3 is 11.1 Å². The molecule has 0 aliphatic carbocycles. The summed E-state index contributed by atoms with van der Waals surface area (Å²) in [7, 11) is 0. The molecule has 0 aromatic carbocycles. The zero-order valence-corrected chi connectivity index (χ0v) is 9.72. The highest BCUT2D eigenvalue weighted by molar-refractivity contribution is 9.13. The van der Waals surface area contributed by atoms with E-state index in [1.807, 2.05) is 0 Å². The summed E-state index contributed by atoms with van der Waals surface area (Å²) in [4.78, 5) is 14.9. The number of amides is 1. The average molecular weight is 309 g/mol. The van der Waals surface area contributed by atoms with E-state index in [2.05, 4.69) is 42.2 Å². The van der Waals surface area contributed by atoms with Crippen LogP contribution in [-0.4, -0.2) is 17.4 Å². The molecular weight excluding hydrogens is 302 g/mol. The second-order valence-corrected chi connectivity index (χ2v) is 3.85. The van der Waals surface area contributed by atoms with Crippen molar-refractivity contribution >= 4 is 43.5 Å². The van der Waals surface area contributed by atoms with Crippen molar-refractivity contribution in [1.82, 2.24) is 4.98 Å². The van der Waals surface area contributed by atoms with E-state index >= 15 is 0 Å². The maximum absolute atomic E-state index is 10.9. The Morgan fingerprint density at radius 2 is 2.31 bits per heavy atom. The van der Waals surface area contributed by atoms with Crippen LogP contribution in [0.1, 0.15) is 0 Å². The first-order valence-electron chi connectivity index (χ1n) is 3.44. The number of carbonyl (C=O) groups excluding carboxylic acids is 1. The largest absolute Gasteiger partial charge is 0.324 e. The lowest BCUT2D eigenvalue weighted by Crippen LogP contribution is -2.21. The van der Waals surface area contributed by atoms with Crippen LogP contribution in [0.4, 0.5) is 5.69 Å². The first-order chi connectivity index (χ1) is 6.13. The van der Waals surface area contributed by atoms with Gasteiger partial charge in [0.05, 0.1) is 22.9 Å². The number of hydrogen-bond acceptors (Lipinski definition) is 3. The van der Waals surface area contributed by atoms with Gasteiger partial charge in [0.15, 0.2) is 0 Å². The molecule has 13 heavy (non-hydrogen) atoms. The van der Waals surface area contributed by atoms with Crippen LogP contribution in [0.25, 0.3) is 0 Å². The van der Waals surface area contributed by atoms with E-state index in [0.717, 1.165) is 4.47 Å². The maximum Gasteiger partial charge on any atom is 0.238 e. The van der Waals surface area contributed by atoms with Gasteiger partial charge in [0.25, 0.3) is 0 Å². The van der Waals surface area contributed by atoms with Gasteiger partial charge in [-0.1, -0.05) is 0 Å². The van der Waals surface area contributed by atoms with Crippen LogP contribution in [0, 0.1) is 0 Å². The third kappa shape index (κ3) is 3.06. The Labute approximate surface area is 92.2 Å². The number of pyridine rings is 1. The molecule has 6 heteroatoms. The quantitative estimate of drug-likeness (QED) is 0.814. The Hall–Kier alpha value is -0.460. The molecule has 0 aliphatic heterocycles. The molecule has 1 aromatic heterocycles. The molecule has 0 bridgehead atoms. The minimum absolute atomic E-state index is 0.0340. The standard InChI is InChI=1S/C7H7Br2N3O/c8-5-1-4(3-11-7(5)9)12-6(13)2-10/h1,3H,2,10H2,(H,12,13). The van der Waals surface area contributed by atoms with Crippen molar-refractivity contribution in [1.29, 1.82) is 0 Å². The lowest BCUT2D eigenvalue weighted by atomic mass is 10.4. The molecule has 4 nitrogen and oxygen atoms in total. The predicted molar refractivity (Wildman–Crippen MR) is 57.3 cm³/mol. The topological polar surface area (TPSA) is 68.0 Å². The molecule has 1 heterocycles. The number of carbonyl (C=O) groups is 1. The molecule has 0 spiro atoms. The van der Waals surface area contributed by atoms with Gasteiger partial charge in [-0.3, -0.25) is 4.79 Å². The lowest BCUT2D eigenvalue weighted by Gasteiger charge is -2.03. The molecule has 0 radical (unpaired) electrons. The summed E-state index contributed by atoms with van der Waals surface area (Å²) < 4.78 is 1.47. The van der Waals surface area contributed by atoms with Crippen molar-refractivity contribution < 1.29 is 4.79 Å². The predicted octanol–water partition coefficient (Wildman–Crippen LogP) is 1.50. The minimum atomic E-state index is -0.240. The number of halogens is 2. The van der Waals surface area contributed by atoms with E-state index < -0.39 is 0 Å². The summed E-state index contributed by atoms with van der Waals surface area (Å²) in [6, 6.07) is 1.74. The van der Waals surface area contributed by atoms with E-state index in [1.165, 1.54) is 0 Å². The van der Waals surface area contributed by atoms with Crippen molar-refractivity contribution in [2.45, 2.75) is 0 Å². The molecule has 3 N–H and O–H groups in total. The fourth-order valence-electron chi connectivity index (χ4n) is 0.702. The molecular formula is C7H7Br2N3O. The monoisotopic (exact) mass is 307 g/mol. The highest BCUT2D eigenvalue weighted by Gasteiger charge is 2.02. The third-order valence-corrected chi connectivity index (χ3v) is 3.03. The van der Waals surface area contributed by atoms with Crippen LogP contribution in [0.3, 0.4) is 0 Å². The second-order valence-electron chi connectivity index (χ2n) is 2.25. The van der Waals surface area contributed by atoms with Gasteiger partial charge in [-0.05, 0) is 37.9 Å². The molecule has 0 saturated heterocycles. The van der Waals surface area contributed by atoms with Crippen molar-refractivity contribution in [2.24, 2.45) is 5.73 Å². The van der Waals surface area contributed by atoms with Crippen LogP contribution in [0.5, 0.6) is 0 Å². The van der Waals surface area contributed by atoms with E-state index in [-0.39, 0.29) is 12.5 Å². The highest BCUT2D eigenvalue weighted by atomic mass is 79.9. The Kier molecular flexibility index (Phi) is 3.83. The first kappa shape index (κ1) is 10.6. The molecule has 1 rings (SSSR count). The highest BCUT2D eigenvalue weighted by Crippen LogP contribution is 2.23. The number of anilines is 1. The number of nitrogens with two attached hydrogens (primary N) is 1. The smallest absolute Gasteiger partial charge is 0.238 e. The van der Waals surface area contributed by atoms with Gasteiger partial charge >= 0.3 is 0 Å². The normalized spacial score (nSPS) is 9.77. The second kappa shape index (κ2) is 4.69. The number of aromatic nitrogens is 1. The molecule has 1 amide bonds. The maximum atomic E-state index is 10.9. The molecule has 0 unspecified atom stereocenters. The summed E-state index contributed by atoms with van der Waals surface area (Å²) in [5.74, 6) is -0.240. The van der Waals surface area contributed by atoms with Gasteiger partial charge in [-0.25, -0.2) is 4.98 Å². The lowest BCUT2D eigenvalue weighted by molar-refractivity contribution is -0.114. The number of hydrogen-bond donors (Lipinski definition) is 2. The number of nitrogens with one attached hydrogen (secondary N) is 1. The van der Waals surface area contributed by atoms with E-state index in [9.17, 15) is 4.79 Å². The van der Waals surface area contributed by atoms with E-state index in [0.29, 0.717) is 10.3 Å². The first-order valence-corrected chi connectivity index (χ1v) is 5.03. The molecule has 70 valence electrons. The van der Waals surface area contributed by atoms with Gasteiger partial charge in [-0.15, -0.1) is 0 Å². The Bertz CT molecular complexity index is 330. The van der Waals surface area contributed by atoms with Gasteiger partial charge in [-0.2, -0.15) is 0 Å². The fourth-order valence-corrected chi connectivity index (χ4v) is 1.27. The molecule has 0 atom stereocenters. The van der Waals surface area contributed by atoms with Crippen LogP contribution in [0.2, 0.25) is 0 Å². The third-order valence-electron chi connectivity index (χ3n) is 1.27. The van der Waals surface area contributed by atoms with Gasteiger partial charge in [0.2, 0.25) is 5.91 Å². The van der Waals surface area contributed by atoms with Gasteiger partial charge in [0, 0.05) is 0 Å². The SMILES string of the molecule is NCC(=O)Nc1cnc(Br)c(Br)c1. The molecule has 0 fully saturated rings. The summed E-state index contributed by atoms with van der Waals surface area (Å²) in [5, 5.41) is 2.58. The summed E-state index contributed by atoms with van der Waals surface area (Å²) in [5.41, 5.74) is 5.75. The molecule has 1 aromatic rings. The Morgan fingerprint density at radius 1 is 1.62 bits per heavy atom. The molecule has 0 aliphatic rings. The van der Waals surface area contributed by atoms with Crippen LogP contribution in [-0.2, 0) is 4.79 Å².